The topological polar surface area (TPSA) is 29.5 Å². The van der Waals surface area contributed by atoms with E-state index < -0.39 is 34.9 Å². The lowest BCUT2D eigenvalue weighted by Gasteiger charge is -2.37. The van der Waals surface area contributed by atoms with E-state index in [0.717, 1.165) is 12.1 Å². The van der Waals surface area contributed by atoms with Crippen LogP contribution in [0.4, 0.5) is 26.7 Å². The lowest BCUT2D eigenvalue weighted by Crippen LogP contribution is -2.47. The number of ether oxygens (including phenoxy) is 1. The molecule has 2 rings (SSSR count). The molecular formula is C20H28F5NO2. The van der Waals surface area contributed by atoms with Gasteiger partial charge < -0.3 is 9.64 Å². The van der Waals surface area contributed by atoms with Gasteiger partial charge in [-0.2, -0.15) is 13.2 Å². The molecule has 3 nitrogen and oxygen atoms in total. The van der Waals surface area contributed by atoms with Crippen LogP contribution in [0.15, 0.2) is 18.2 Å². The lowest BCUT2D eigenvalue weighted by atomic mass is 9.86. The predicted octanol–water partition coefficient (Wildman–Crippen LogP) is 6.15. The fourth-order valence-corrected chi connectivity index (χ4v) is 2.80. The Balaban J connectivity index is 0.00000190. The minimum Gasteiger partial charge on any atom is -0.444 e. The second kappa shape index (κ2) is 9.09. The standard InChI is InChI=1S/C18H22F5NO2.C2H6/c1-16(2,3)26-15(25)24-8-6-17(20,7-9-24)11-12-4-5-13(10-14(12)19)18(21,22)23;1-2/h4-5,10H,6-9,11H2,1-3H3;1-2H3. The Kier molecular flexibility index (Phi) is 7.85. The number of halogens is 5. The van der Waals surface area contributed by atoms with Crippen LogP contribution < -0.4 is 0 Å². The second-order valence-electron chi connectivity index (χ2n) is 7.60. The molecule has 0 spiro atoms. The molecule has 1 aliphatic rings. The average Bonchev–Trinajstić information content (AvgIpc) is 2.56. The largest absolute Gasteiger partial charge is 0.444 e. The van der Waals surface area contributed by atoms with E-state index in [1.807, 2.05) is 13.8 Å². The van der Waals surface area contributed by atoms with E-state index in [2.05, 4.69) is 0 Å². The molecule has 0 aromatic heterocycles. The van der Waals surface area contributed by atoms with E-state index in [4.69, 9.17) is 4.74 Å². The quantitative estimate of drug-likeness (QED) is 0.548. The number of carbonyl (C=O) groups excluding carboxylic acids is 1. The van der Waals surface area contributed by atoms with Crippen molar-refractivity contribution < 1.29 is 31.5 Å². The molecule has 1 aliphatic heterocycles. The maximum absolute atomic E-state index is 15.0. The number of likely N-dealkylation sites (tertiary alicyclic amines) is 1. The van der Waals surface area contributed by atoms with Gasteiger partial charge in [0.15, 0.2) is 0 Å². The first-order chi connectivity index (χ1) is 12.8. The van der Waals surface area contributed by atoms with Crippen LogP contribution in [-0.2, 0) is 17.3 Å². The average molecular weight is 409 g/mol. The van der Waals surface area contributed by atoms with Gasteiger partial charge in [0.2, 0.25) is 0 Å². The van der Waals surface area contributed by atoms with Crippen molar-refractivity contribution >= 4 is 6.09 Å². The molecule has 8 heteroatoms. The maximum Gasteiger partial charge on any atom is 0.416 e. The van der Waals surface area contributed by atoms with Gasteiger partial charge in [0, 0.05) is 19.5 Å². The summed E-state index contributed by atoms with van der Waals surface area (Å²) in [5.41, 5.74) is -3.65. The Morgan fingerprint density at radius 2 is 1.68 bits per heavy atom. The normalized spacial score (nSPS) is 16.9. The van der Waals surface area contributed by atoms with Crippen molar-refractivity contribution in [3.8, 4) is 0 Å². The lowest BCUT2D eigenvalue weighted by molar-refractivity contribution is -0.137. The third-order valence-electron chi connectivity index (χ3n) is 4.20. The highest BCUT2D eigenvalue weighted by Gasteiger charge is 2.38. The minimum absolute atomic E-state index is 0.0350. The molecule has 0 atom stereocenters. The summed E-state index contributed by atoms with van der Waals surface area (Å²) in [5.74, 6) is -1.08. The van der Waals surface area contributed by atoms with E-state index in [9.17, 15) is 26.7 Å². The molecule has 0 aliphatic carbocycles. The number of nitrogens with zero attached hydrogens (tertiary/aromatic N) is 1. The summed E-state index contributed by atoms with van der Waals surface area (Å²) >= 11 is 0. The number of alkyl halides is 4. The van der Waals surface area contributed by atoms with Gasteiger partial charge in [-0.05, 0) is 51.3 Å². The number of amides is 1. The van der Waals surface area contributed by atoms with Gasteiger partial charge in [0.05, 0.1) is 5.56 Å². The summed E-state index contributed by atoms with van der Waals surface area (Å²) in [6.45, 7) is 9.38. The van der Waals surface area contributed by atoms with Gasteiger partial charge >= 0.3 is 12.3 Å². The molecule has 0 saturated carbocycles. The first-order valence-corrected chi connectivity index (χ1v) is 9.32. The second-order valence-corrected chi connectivity index (χ2v) is 7.60. The molecule has 1 amide bonds. The van der Waals surface area contributed by atoms with E-state index in [1.54, 1.807) is 20.8 Å². The molecule has 0 unspecified atom stereocenters. The van der Waals surface area contributed by atoms with Crippen LogP contribution in [0.25, 0.3) is 0 Å². The van der Waals surface area contributed by atoms with Crippen LogP contribution in [0.3, 0.4) is 0 Å². The molecule has 28 heavy (non-hydrogen) atoms. The van der Waals surface area contributed by atoms with Crippen molar-refractivity contribution in [1.82, 2.24) is 4.90 Å². The fourth-order valence-electron chi connectivity index (χ4n) is 2.80. The molecular weight excluding hydrogens is 381 g/mol. The van der Waals surface area contributed by atoms with E-state index in [1.165, 1.54) is 4.90 Å². The van der Waals surface area contributed by atoms with Gasteiger partial charge in [0.1, 0.15) is 17.1 Å². The van der Waals surface area contributed by atoms with E-state index >= 15 is 0 Å². The van der Waals surface area contributed by atoms with E-state index in [-0.39, 0.29) is 37.9 Å². The molecule has 1 aromatic rings. The Hall–Kier alpha value is -1.86. The highest BCUT2D eigenvalue weighted by atomic mass is 19.4. The first kappa shape index (κ1) is 24.2. The molecule has 1 fully saturated rings. The van der Waals surface area contributed by atoms with Gasteiger partial charge in [-0.3, -0.25) is 0 Å². The van der Waals surface area contributed by atoms with Crippen LogP contribution in [0, 0.1) is 5.82 Å². The molecule has 0 radical (unpaired) electrons. The molecule has 1 saturated heterocycles. The smallest absolute Gasteiger partial charge is 0.416 e. The molecule has 0 N–H and O–H groups in total. The van der Waals surface area contributed by atoms with Crippen LogP contribution in [0.2, 0.25) is 0 Å². The number of hydrogen-bond donors (Lipinski definition) is 0. The van der Waals surface area contributed by atoms with Crippen LogP contribution in [-0.4, -0.2) is 35.4 Å². The first-order valence-electron chi connectivity index (χ1n) is 9.32. The summed E-state index contributed by atoms with van der Waals surface area (Å²) in [4.78, 5) is 13.4. The number of carbonyl (C=O) groups is 1. The van der Waals surface area contributed by atoms with Crippen LogP contribution >= 0.6 is 0 Å². The highest BCUT2D eigenvalue weighted by molar-refractivity contribution is 5.68. The zero-order valence-corrected chi connectivity index (χ0v) is 16.9. The Morgan fingerprint density at radius 1 is 1.14 bits per heavy atom. The molecule has 1 heterocycles. The Labute approximate surface area is 162 Å². The molecule has 160 valence electrons. The number of piperidine rings is 1. The third-order valence-corrected chi connectivity index (χ3v) is 4.20. The van der Waals surface area contributed by atoms with Crippen molar-refractivity contribution in [1.29, 1.82) is 0 Å². The molecule has 0 bridgehead atoms. The van der Waals surface area contributed by atoms with E-state index in [0.29, 0.717) is 6.07 Å². The monoisotopic (exact) mass is 409 g/mol. The number of hydrogen-bond acceptors (Lipinski definition) is 2. The number of benzene rings is 1. The summed E-state index contributed by atoms with van der Waals surface area (Å²) < 4.78 is 71.9. The molecule has 1 aromatic carbocycles. The zero-order chi connectivity index (χ0) is 21.8. The highest BCUT2D eigenvalue weighted by Crippen LogP contribution is 2.34. The zero-order valence-electron chi connectivity index (χ0n) is 16.9. The summed E-state index contributed by atoms with van der Waals surface area (Å²) in [5, 5.41) is 0. The van der Waals surface area contributed by atoms with Crippen molar-refractivity contribution in [2.24, 2.45) is 0 Å². The van der Waals surface area contributed by atoms with Gasteiger partial charge in [-0.1, -0.05) is 19.9 Å². The summed E-state index contributed by atoms with van der Waals surface area (Å²) in [6.07, 6.45) is -5.59. The van der Waals surface area contributed by atoms with Crippen molar-refractivity contribution in [3.63, 3.8) is 0 Å². The van der Waals surface area contributed by atoms with Gasteiger partial charge in [-0.25, -0.2) is 13.6 Å². The van der Waals surface area contributed by atoms with Crippen LogP contribution in [0.1, 0.15) is 58.6 Å². The summed E-state index contributed by atoms with van der Waals surface area (Å²) in [7, 11) is 0. The van der Waals surface area contributed by atoms with Crippen molar-refractivity contribution in [2.45, 2.75) is 71.3 Å². The summed E-state index contributed by atoms with van der Waals surface area (Å²) in [6, 6.07) is 2.10. The van der Waals surface area contributed by atoms with Crippen molar-refractivity contribution in [2.75, 3.05) is 13.1 Å². The third kappa shape index (κ3) is 6.95. The van der Waals surface area contributed by atoms with Crippen molar-refractivity contribution in [3.05, 3.63) is 35.1 Å². The van der Waals surface area contributed by atoms with Gasteiger partial charge in [-0.15, -0.1) is 0 Å². The predicted molar refractivity (Wildman–Crippen MR) is 97.3 cm³/mol. The Morgan fingerprint density at radius 3 is 2.11 bits per heavy atom. The minimum atomic E-state index is -4.65. The maximum atomic E-state index is 15.0. The number of rotatable bonds is 2. The fraction of sp³-hybridized carbons (Fsp3) is 0.650. The van der Waals surface area contributed by atoms with Crippen LogP contribution in [0.5, 0.6) is 0 Å². The van der Waals surface area contributed by atoms with Gasteiger partial charge in [0.25, 0.3) is 0 Å². The SMILES string of the molecule is CC.CC(C)(C)OC(=O)N1CCC(F)(Cc2ccc(C(F)(F)F)cc2F)CC1. The Bertz CT molecular complexity index is 660.